The summed E-state index contributed by atoms with van der Waals surface area (Å²) >= 11 is 1.80. The second-order valence-electron chi connectivity index (χ2n) is 6.35. The Kier molecular flexibility index (Phi) is 11.6. The smallest absolute Gasteiger partial charge is 0.191 e. The fourth-order valence-electron chi connectivity index (χ4n) is 2.57. The molecule has 0 aliphatic carbocycles. The molecular weight excluding hydrogens is 524 g/mol. The Morgan fingerprint density at radius 1 is 1.10 bits per heavy atom. The van der Waals surface area contributed by atoms with Gasteiger partial charge in [0.15, 0.2) is 15.8 Å². The molecule has 2 rings (SSSR count). The van der Waals surface area contributed by atoms with Gasteiger partial charge in [0.05, 0.1) is 5.75 Å². The molecule has 0 saturated carbocycles. The van der Waals surface area contributed by atoms with Crippen LogP contribution in [0, 0.1) is 5.82 Å². The van der Waals surface area contributed by atoms with Gasteiger partial charge < -0.3 is 10.6 Å². The molecule has 2 aromatic rings. The van der Waals surface area contributed by atoms with Crippen LogP contribution < -0.4 is 10.6 Å². The molecule has 0 aromatic heterocycles. The second kappa shape index (κ2) is 13.1. The first-order valence-corrected chi connectivity index (χ1v) is 12.0. The van der Waals surface area contributed by atoms with Crippen LogP contribution in [0.15, 0.2) is 58.4 Å². The number of nitrogens with one attached hydrogen (secondary N) is 2. The highest BCUT2D eigenvalue weighted by atomic mass is 127. The van der Waals surface area contributed by atoms with E-state index in [2.05, 4.69) is 27.8 Å². The maximum atomic E-state index is 13.6. The molecule has 0 radical (unpaired) electrons. The molecule has 5 nitrogen and oxygen atoms in total. The molecule has 160 valence electrons. The molecule has 2 aromatic carbocycles. The molecule has 0 bridgehead atoms. The number of thioether (sulfide) groups is 1. The molecule has 0 atom stereocenters. The molecule has 29 heavy (non-hydrogen) atoms. The van der Waals surface area contributed by atoms with Crippen LogP contribution in [-0.2, 0) is 22.1 Å². The zero-order valence-electron chi connectivity index (χ0n) is 16.5. The van der Waals surface area contributed by atoms with Crippen molar-refractivity contribution in [1.82, 2.24) is 10.6 Å². The fraction of sp³-hybridized carbons (Fsp3) is 0.350. The number of halogens is 2. The van der Waals surface area contributed by atoms with Gasteiger partial charge in [0, 0.05) is 31.3 Å². The van der Waals surface area contributed by atoms with E-state index in [0.29, 0.717) is 23.6 Å². The maximum Gasteiger partial charge on any atom is 0.191 e. The Bertz CT molecular complexity index is 894. The number of rotatable bonds is 9. The monoisotopic (exact) mass is 551 g/mol. The Morgan fingerprint density at radius 3 is 2.48 bits per heavy atom. The lowest BCUT2D eigenvalue weighted by Gasteiger charge is -2.14. The van der Waals surface area contributed by atoms with Crippen molar-refractivity contribution in [3.05, 3.63) is 65.5 Å². The van der Waals surface area contributed by atoms with Gasteiger partial charge in [0.2, 0.25) is 0 Å². The number of nitrogens with zero attached hydrogens (tertiary/aromatic N) is 1. The van der Waals surface area contributed by atoms with Crippen molar-refractivity contribution >= 4 is 51.5 Å². The summed E-state index contributed by atoms with van der Waals surface area (Å²) in [6.07, 6.45) is 2.13. The predicted molar refractivity (Wildman–Crippen MR) is 130 cm³/mol. The minimum atomic E-state index is -3.20. The number of benzene rings is 2. The van der Waals surface area contributed by atoms with E-state index in [0.717, 1.165) is 18.7 Å². The lowest BCUT2D eigenvalue weighted by Crippen LogP contribution is -2.37. The first kappa shape index (κ1) is 25.7. The van der Waals surface area contributed by atoms with E-state index in [1.807, 2.05) is 18.2 Å². The summed E-state index contributed by atoms with van der Waals surface area (Å²) in [5, 5.41) is 6.34. The third kappa shape index (κ3) is 10.3. The van der Waals surface area contributed by atoms with Gasteiger partial charge in [-0.25, -0.2) is 12.8 Å². The molecule has 0 saturated heterocycles. The zero-order chi connectivity index (χ0) is 20.4. The van der Waals surface area contributed by atoms with E-state index in [-0.39, 0.29) is 29.7 Å². The van der Waals surface area contributed by atoms with E-state index >= 15 is 0 Å². The summed E-state index contributed by atoms with van der Waals surface area (Å²) < 4.78 is 36.8. The number of sulfone groups is 1. The Hall–Kier alpha value is -1.33. The molecule has 0 fully saturated rings. The van der Waals surface area contributed by atoms with Crippen molar-refractivity contribution in [1.29, 1.82) is 0 Å². The Morgan fingerprint density at radius 2 is 1.83 bits per heavy atom. The zero-order valence-corrected chi connectivity index (χ0v) is 20.5. The molecule has 2 N–H and O–H groups in total. The summed E-state index contributed by atoms with van der Waals surface area (Å²) in [5.74, 6) is 1.07. The van der Waals surface area contributed by atoms with Gasteiger partial charge in [-0.15, -0.1) is 35.7 Å². The highest BCUT2D eigenvalue weighted by molar-refractivity contribution is 14.0. The van der Waals surface area contributed by atoms with Crippen LogP contribution in [-0.4, -0.2) is 40.0 Å². The summed E-state index contributed by atoms with van der Waals surface area (Å²) in [4.78, 5) is 5.41. The molecule has 0 amide bonds. The highest BCUT2D eigenvalue weighted by Crippen LogP contribution is 2.17. The van der Waals surface area contributed by atoms with Crippen molar-refractivity contribution in [3.8, 4) is 0 Å². The van der Waals surface area contributed by atoms with Crippen LogP contribution in [0.5, 0.6) is 0 Å². The van der Waals surface area contributed by atoms with Gasteiger partial charge in [-0.05, 0) is 47.6 Å². The van der Waals surface area contributed by atoms with E-state index in [1.165, 1.54) is 29.4 Å². The molecule has 0 heterocycles. The molecular formula is C20H27FIN3O2S2. The van der Waals surface area contributed by atoms with Gasteiger partial charge in [-0.3, -0.25) is 4.99 Å². The van der Waals surface area contributed by atoms with Crippen molar-refractivity contribution in [3.63, 3.8) is 0 Å². The minimum absolute atomic E-state index is 0. The van der Waals surface area contributed by atoms with Gasteiger partial charge >= 0.3 is 0 Å². The van der Waals surface area contributed by atoms with Gasteiger partial charge in [-0.1, -0.05) is 24.3 Å². The number of aliphatic imine (C=N–C) groups is 1. The Labute approximate surface area is 193 Å². The Balaban J connectivity index is 0.00000420. The van der Waals surface area contributed by atoms with Crippen LogP contribution in [0.4, 0.5) is 4.39 Å². The molecule has 0 aliphatic heterocycles. The number of guanidine groups is 1. The van der Waals surface area contributed by atoms with Gasteiger partial charge in [-0.2, -0.15) is 0 Å². The van der Waals surface area contributed by atoms with Crippen molar-refractivity contribution in [2.24, 2.45) is 4.99 Å². The summed E-state index contributed by atoms with van der Waals surface area (Å²) in [6, 6.07) is 14.4. The van der Waals surface area contributed by atoms with Crippen LogP contribution in [0.2, 0.25) is 0 Å². The predicted octanol–water partition coefficient (Wildman–Crippen LogP) is 3.84. The molecule has 0 unspecified atom stereocenters. The first-order valence-electron chi connectivity index (χ1n) is 8.95. The number of hydrogen-bond acceptors (Lipinski definition) is 4. The van der Waals surface area contributed by atoms with Crippen LogP contribution >= 0.6 is 35.7 Å². The average molecular weight is 551 g/mol. The summed E-state index contributed by atoms with van der Waals surface area (Å²) in [5.41, 5.74) is 1.19. The maximum absolute atomic E-state index is 13.6. The van der Waals surface area contributed by atoms with Crippen LogP contribution in [0.3, 0.4) is 0 Å². The quantitative estimate of drug-likeness (QED) is 0.163. The SMILES string of the molecule is CN=C(NCCCSc1ccccc1)NCc1cc(F)ccc1CS(C)(=O)=O.I. The van der Waals surface area contributed by atoms with Crippen molar-refractivity contribution in [2.75, 3.05) is 25.6 Å². The average Bonchev–Trinajstić information content (AvgIpc) is 2.65. The second-order valence-corrected chi connectivity index (χ2v) is 9.66. The molecule has 0 aliphatic rings. The van der Waals surface area contributed by atoms with Crippen LogP contribution in [0.1, 0.15) is 17.5 Å². The van der Waals surface area contributed by atoms with Crippen molar-refractivity contribution in [2.45, 2.75) is 23.6 Å². The number of hydrogen-bond donors (Lipinski definition) is 2. The fourth-order valence-corrected chi connectivity index (χ4v) is 4.29. The first-order chi connectivity index (χ1) is 13.4. The van der Waals surface area contributed by atoms with Gasteiger partial charge in [0.1, 0.15) is 5.82 Å². The largest absolute Gasteiger partial charge is 0.356 e. The topological polar surface area (TPSA) is 70.6 Å². The van der Waals surface area contributed by atoms with E-state index in [9.17, 15) is 12.8 Å². The van der Waals surface area contributed by atoms with E-state index in [4.69, 9.17) is 0 Å². The third-order valence-electron chi connectivity index (χ3n) is 3.88. The van der Waals surface area contributed by atoms with E-state index < -0.39 is 15.7 Å². The molecule has 0 spiro atoms. The standard InChI is InChI=1S/C20H26FN3O2S2.HI/c1-22-20(23-11-6-12-27-19-7-4-3-5-8-19)24-14-17-13-18(21)10-9-16(17)15-28(2,25)26;/h3-5,7-10,13H,6,11-12,14-15H2,1-2H3,(H2,22,23,24);1H. The van der Waals surface area contributed by atoms with Crippen molar-refractivity contribution < 1.29 is 12.8 Å². The highest BCUT2D eigenvalue weighted by Gasteiger charge is 2.11. The summed E-state index contributed by atoms with van der Waals surface area (Å²) in [6.45, 7) is 1.04. The normalized spacial score (nSPS) is 11.6. The van der Waals surface area contributed by atoms with E-state index in [1.54, 1.807) is 18.8 Å². The molecule has 9 heteroatoms. The van der Waals surface area contributed by atoms with Crippen LogP contribution in [0.25, 0.3) is 0 Å². The minimum Gasteiger partial charge on any atom is -0.356 e. The lowest BCUT2D eigenvalue weighted by molar-refractivity contribution is 0.599. The lowest BCUT2D eigenvalue weighted by atomic mass is 10.1. The third-order valence-corrected chi connectivity index (χ3v) is 5.82. The van der Waals surface area contributed by atoms with Gasteiger partial charge in [0.25, 0.3) is 0 Å². The summed E-state index contributed by atoms with van der Waals surface area (Å²) in [7, 11) is -1.53.